The molecule has 2 aromatic carbocycles. The van der Waals surface area contributed by atoms with E-state index in [1.54, 1.807) is 0 Å². The van der Waals surface area contributed by atoms with E-state index in [9.17, 15) is 18.3 Å². The van der Waals surface area contributed by atoms with Gasteiger partial charge in [0, 0.05) is 5.56 Å². The zero-order valence-corrected chi connectivity index (χ0v) is 9.62. The molecule has 0 fully saturated rings. The minimum absolute atomic E-state index is 0.155. The number of hydrogen-bond acceptors (Lipinski definition) is 1. The van der Waals surface area contributed by atoms with Crippen molar-refractivity contribution in [2.24, 2.45) is 0 Å². The lowest BCUT2D eigenvalue weighted by atomic mass is 9.99. The Bertz CT molecular complexity index is 581. The second-order valence-electron chi connectivity index (χ2n) is 4.08. The molecule has 1 atom stereocenters. The first-order valence-corrected chi connectivity index (χ1v) is 5.38. The minimum atomic E-state index is -1.39. The number of rotatable bonds is 2. The van der Waals surface area contributed by atoms with Crippen molar-refractivity contribution < 1.29 is 18.3 Å². The first kappa shape index (κ1) is 12.6. The fourth-order valence-corrected chi connectivity index (χ4v) is 1.73. The zero-order valence-electron chi connectivity index (χ0n) is 9.62. The molecule has 2 aromatic rings. The molecule has 0 aromatic heterocycles. The summed E-state index contributed by atoms with van der Waals surface area (Å²) in [5.41, 5.74) is 0.128. The van der Waals surface area contributed by atoms with Gasteiger partial charge in [-0.1, -0.05) is 12.1 Å². The fourth-order valence-electron chi connectivity index (χ4n) is 1.73. The summed E-state index contributed by atoms with van der Waals surface area (Å²) in [6.07, 6.45) is -1.39. The Morgan fingerprint density at radius 2 is 1.72 bits per heavy atom. The molecule has 4 heteroatoms. The summed E-state index contributed by atoms with van der Waals surface area (Å²) in [6, 6.07) is 7.08. The van der Waals surface area contributed by atoms with Gasteiger partial charge in [0.25, 0.3) is 0 Å². The Morgan fingerprint density at radius 3 is 2.39 bits per heavy atom. The number of halogens is 3. The average Bonchev–Trinajstić information content (AvgIpc) is 2.33. The molecule has 18 heavy (non-hydrogen) atoms. The highest BCUT2D eigenvalue weighted by Gasteiger charge is 2.17. The second-order valence-corrected chi connectivity index (χ2v) is 4.08. The van der Waals surface area contributed by atoms with Crippen molar-refractivity contribution in [1.82, 2.24) is 0 Å². The van der Waals surface area contributed by atoms with Gasteiger partial charge in [-0.2, -0.15) is 0 Å². The molecule has 0 aliphatic heterocycles. The summed E-state index contributed by atoms with van der Waals surface area (Å²) < 4.78 is 40.0. The molecule has 0 saturated heterocycles. The Balaban J connectivity index is 2.46. The number of benzene rings is 2. The van der Waals surface area contributed by atoms with Crippen molar-refractivity contribution in [2.45, 2.75) is 13.0 Å². The maximum absolute atomic E-state index is 13.6. The summed E-state index contributed by atoms with van der Waals surface area (Å²) in [5.74, 6) is -1.87. The normalized spacial score (nSPS) is 12.5. The van der Waals surface area contributed by atoms with E-state index in [4.69, 9.17) is 0 Å². The predicted molar refractivity (Wildman–Crippen MR) is 61.6 cm³/mol. The SMILES string of the molecule is Cc1cc(F)c(C(O)c2cccc(F)c2)cc1F. The summed E-state index contributed by atoms with van der Waals surface area (Å²) >= 11 is 0. The van der Waals surface area contributed by atoms with Crippen molar-refractivity contribution in [3.05, 3.63) is 70.5 Å². The van der Waals surface area contributed by atoms with Crippen molar-refractivity contribution in [2.75, 3.05) is 0 Å². The third-order valence-electron chi connectivity index (χ3n) is 2.74. The number of hydrogen-bond donors (Lipinski definition) is 1. The summed E-state index contributed by atoms with van der Waals surface area (Å²) in [5, 5.41) is 9.94. The van der Waals surface area contributed by atoms with Gasteiger partial charge in [-0.15, -0.1) is 0 Å². The molecular formula is C14H11F3O. The molecule has 0 saturated carbocycles. The van der Waals surface area contributed by atoms with Crippen LogP contribution in [0.25, 0.3) is 0 Å². The molecule has 0 heterocycles. The van der Waals surface area contributed by atoms with Gasteiger partial charge < -0.3 is 5.11 Å². The van der Waals surface area contributed by atoms with Crippen molar-refractivity contribution in [3.63, 3.8) is 0 Å². The van der Waals surface area contributed by atoms with Crippen LogP contribution in [-0.4, -0.2) is 5.11 Å². The lowest BCUT2D eigenvalue weighted by Crippen LogP contribution is -2.04. The van der Waals surface area contributed by atoms with Crippen LogP contribution in [-0.2, 0) is 0 Å². The molecule has 0 spiro atoms. The van der Waals surface area contributed by atoms with Crippen LogP contribution in [0.1, 0.15) is 22.8 Å². The van der Waals surface area contributed by atoms with E-state index in [2.05, 4.69) is 0 Å². The Labute approximate surface area is 103 Å². The Hall–Kier alpha value is -1.81. The van der Waals surface area contributed by atoms with E-state index in [0.717, 1.165) is 18.2 Å². The molecule has 0 aliphatic rings. The maximum atomic E-state index is 13.6. The average molecular weight is 252 g/mol. The van der Waals surface area contributed by atoms with Crippen LogP contribution in [0.5, 0.6) is 0 Å². The molecule has 0 radical (unpaired) electrons. The molecule has 1 nitrogen and oxygen atoms in total. The highest BCUT2D eigenvalue weighted by atomic mass is 19.1. The van der Waals surface area contributed by atoms with Gasteiger partial charge in [-0.25, -0.2) is 13.2 Å². The molecule has 1 unspecified atom stereocenters. The molecule has 2 rings (SSSR count). The zero-order chi connectivity index (χ0) is 13.3. The summed E-state index contributed by atoms with van der Waals surface area (Å²) in [4.78, 5) is 0. The quantitative estimate of drug-likeness (QED) is 0.867. The summed E-state index contributed by atoms with van der Waals surface area (Å²) in [6.45, 7) is 1.43. The van der Waals surface area contributed by atoms with E-state index >= 15 is 0 Å². The highest BCUT2D eigenvalue weighted by Crippen LogP contribution is 2.26. The van der Waals surface area contributed by atoms with Gasteiger partial charge >= 0.3 is 0 Å². The second kappa shape index (κ2) is 4.82. The van der Waals surface area contributed by atoms with Crippen molar-refractivity contribution in [1.29, 1.82) is 0 Å². The summed E-state index contributed by atoms with van der Waals surface area (Å²) in [7, 11) is 0. The lowest BCUT2D eigenvalue weighted by molar-refractivity contribution is 0.214. The lowest BCUT2D eigenvalue weighted by Gasteiger charge is -2.13. The van der Waals surface area contributed by atoms with Crippen LogP contribution >= 0.6 is 0 Å². The Morgan fingerprint density at radius 1 is 1.00 bits per heavy atom. The van der Waals surface area contributed by atoms with Gasteiger partial charge in [0.1, 0.15) is 23.6 Å². The van der Waals surface area contributed by atoms with Crippen LogP contribution in [0.2, 0.25) is 0 Å². The van der Waals surface area contributed by atoms with Gasteiger partial charge in [0.15, 0.2) is 0 Å². The largest absolute Gasteiger partial charge is 0.384 e. The first-order valence-electron chi connectivity index (χ1n) is 5.38. The third-order valence-corrected chi connectivity index (χ3v) is 2.74. The number of aliphatic hydroxyl groups is 1. The van der Waals surface area contributed by atoms with Crippen LogP contribution < -0.4 is 0 Å². The van der Waals surface area contributed by atoms with E-state index < -0.39 is 23.6 Å². The van der Waals surface area contributed by atoms with Gasteiger partial charge in [-0.05, 0) is 42.3 Å². The minimum Gasteiger partial charge on any atom is -0.384 e. The van der Waals surface area contributed by atoms with Gasteiger partial charge in [0.2, 0.25) is 0 Å². The highest BCUT2D eigenvalue weighted by molar-refractivity contribution is 5.33. The smallest absolute Gasteiger partial charge is 0.129 e. The van der Waals surface area contributed by atoms with Gasteiger partial charge in [-0.3, -0.25) is 0 Å². The van der Waals surface area contributed by atoms with Crippen molar-refractivity contribution in [3.8, 4) is 0 Å². The van der Waals surface area contributed by atoms with E-state index in [1.807, 2.05) is 0 Å². The number of aliphatic hydroxyl groups excluding tert-OH is 1. The van der Waals surface area contributed by atoms with Crippen LogP contribution in [0, 0.1) is 24.4 Å². The predicted octanol–water partition coefficient (Wildman–Crippen LogP) is 3.49. The van der Waals surface area contributed by atoms with Crippen molar-refractivity contribution >= 4 is 0 Å². The maximum Gasteiger partial charge on any atom is 0.129 e. The van der Waals surface area contributed by atoms with E-state index in [-0.39, 0.29) is 16.7 Å². The standard InChI is InChI=1S/C14H11F3O/c1-8-5-13(17)11(7-12(8)16)14(18)9-3-2-4-10(15)6-9/h2-7,14,18H,1H3. The Kier molecular flexibility index (Phi) is 3.39. The fraction of sp³-hybridized carbons (Fsp3) is 0.143. The monoisotopic (exact) mass is 252 g/mol. The van der Waals surface area contributed by atoms with Crippen LogP contribution in [0.15, 0.2) is 36.4 Å². The van der Waals surface area contributed by atoms with Gasteiger partial charge in [0.05, 0.1) is 0 Å². The first-order chi connectivity index (χ1) is 8.49. The van der Waals surface area contributed by atoms with E-state index in [0.29, 0.717) is 0 Å². The molecule has 0 bridgehead atoms. The molecular weight excluding hydrogens is 241 g/mol. The third kappa shape index (κ3) is 2.38. The molecule has 0 aliphatic carbocycles. The molecule has 94 valence electrons. The van der Waals surface area contributed by atoms with Crippen LogP contribution in [0.4, 0.5) is 13.2 Å². The number of aryl methyl sites for hydroxylation is 1. The molecule has 1 N–H and O–H groups in total. The van der Waals surface area contributed by atoms with E-state index in [1.165, 1.54) is 25.1 Å². The van der Waals surface area contributed by atoms with Crippen LogP contribution in [0.3, 0.4) is 0 Å². The molecule has 0 amide bonds. The topological polar surface area (TPSA) is 20.2 Å².